The Balaban J connectivity index is 1.96. The lowest BCUT2D eigenvalue weighted by molar-refractivity contribution is -0.120. The molecule has 0 heterocycles. The fraction of sp³-hybridized carbons (Fsp3) is 0.800. The third-order valence-electron chi connectivity index (χ3n) is 4.10. The average molecular weight is 220 g/mol. The Morgan fingerprint density at radius 2 is 1.56 bits per heavy atom. The fourth-order valence-electron chi connectivity index (χ4n) is 3.08. The molecule has 1 heteroatoms. The average Bonchev–Trinajstić information content (AvgIpc) is 2.60. The second-order valence-electron chi connectivity index (χ2n) is 5.35. The molecule has 2 rings (SSSR count). The molecule has 0 aromatic carbocycles. The van der Waals surface area contributed by atoms with Gasteiger partial charge in [0.15, 0.2) is 0 Å². The van der Waals surface area contributed by atoms with E-state index in [1.165, 1.54) is 56.9 Å². The number of Topliss-reactive ketones (excluding diaryl/α,β-unsaturated/α-hetero) is 1. The second-order valence-corrected chi connectivity index (χ2v) is 5.35. The lowest BCUT2D eigenvalue weighted by Gasteiger charge is -2.12. The SMILES string of the molecule is O=C1CC/C2=C/CCCCCCCCCC12. The van der Waals surface area contributed by atoms with Gasteiger partial charge in [-0.05, 0) is 25.7 Å². The molecule has 0 spiro atoms. The van der Waals surface area contributed by atoms with Gasteiger partial charge in [-0.25, -0.2) is 0 Å². The molecule has 0 radical (unpaired) electrons. The van der Waals surface area contributed by atoms with E-state index in [1.54, 1.807) is 0 Å². The van der Waals surface area contributed by atoms with E-state index in [0.717, 1.165) is 19.3 Å². The number of carbonyl (C=O) groups is 1. The molecule has 2 aliphatic carbocycles. The summed E-state index contributed by atoms with van der Waals surface area (Å²) in [6, 6.07) is 0. The Morgan fingerprint density at radius 3 is 2.38 bits per heavy atom. The minimum Gasteiger partial charge on any atom is -0.299 e. The first-order chi connectivity index (χ1) is 7.88. The van der Waals surface area contributed by atoms with Gasteiger partial charge in [-0.2, -0.15) is 0 Å². The predicted octanol–water partition coefficient (Wildman–Crippen LogP) is 4.42. The lowest BCUT2D eigenvalue weighted by Crippen LogP contribution is -2.08. The maximum atomic E-state index is 11.8. The van der Waals surface area contributed by atoms with Crippen LogP contribution in [0.2, 0.25) is 0 Å². The molecular formula is C15H24O. The van der Waals surface area contributed by atoms with Crippen LogP contribution >= 0.6 is 0 Å². The molecule has 0 aromatic rings. The van der Waals surface area contributed by atoms with Gasteiger partial charge in [0.25, 0.3) is 0 Å². The predicted molar refractivity (Wildman–Crippen MR) is 67.4 cm³/mol. The standard InChI is InChI=1S/C15H24O/c16-15-12-11-13-9-7-5-3-1-2-4-6-8-10-14(13)15/h9,14H,1-8,10-12H2/b13-9-. The summed E-state index contributed by atoms with van der Waals surface area (Å²) in [6.45, 7) is 0. The van der Waals surface area contributed by atoms with Crippen molar-refractivity contribution in [1.82, 2.24) is 0 Å². The van der Waals surface area contributed by atoms with Gasteiger partial charge >= 0.3 is 0 Å². The number of fused-ring (bicyclic) bond motifs is 1. The topological polar surface area (TPSA) is 17.1 Å². The molecule has 0 aliphatic heterocycles. The summed E-state index contributed by atoms with van der Waals surface area (Å²) in [7, 11) is 0. The Morgan fingerprint density at radius 1 is 0.875 bits per heavy atom. The van der Waals surface area contributed by atoms with Gasteiger partial charge < -0.3 is 0 Å². The highest BCUT2D eigenvalue weighted by molar-refractivity contribution is 5.87. The van der Waals surface area contributed by atoms with Crippen LogP contribution in [0.4, 0.5) is 0 Å². The van der Waals surface area contributed by atoms with Crippen molar-refractivity contribution in [3.05, 3.63) is 11.6 Å². The van der Waals surface area contributed by atoms with Gasteiger partial charge in [0.2, 0.25) is 0 Å². The van der Waals surface area contributed by atoms with E-state index in [2.05, 4.69) is 6.08 Å². The van der Waals surface area contributed by atoms with Crippen LogP contribution in [-0.2, 0) is 4.79 Å². The van der Waals surface area contributed by atoms with Gasteiger partial charge in [-0.15, -0.1) is 0 Å². The maximum absolute atomic E-state index is 11.8. The number of rotatable bonds is 0. The Bertz CT molecular complexity index is 265. The van der Waals surface area contributed by atoms with Crippen molar-refractivity contribution >= 4 is 5.78 Å². The van der Waals surface area contributed by atoms with Gasteiger partial charge in [0.05, 0.1) is 0 Å². The molecule has 0 amide bonds. The van der Waals surface area contributed by atoms with Crippen LogP contribution in [0.3, 0.4) is 0 Å². The van der Waals surface area contributed by atoms with Gasteiger partial charge in [-0.1, -0.05) is 50.2 Å². The highest BCUT2D eigenvalue weighted by Crippen LogP contribution is 2.33. The van der Waals surface area contributed by atoms with Crippen molar-refractivity contribution in [3.8, 4) is 0 Å². The van der Waals surface area contributed by atoms with E-state index < -0.39 is 0 Å². The monoisotopic (exact) mass is 220 g/mol. The molecule has 0 bridgehead atoms. The molecule has 1 nitrogen and oxygen atoms in total. The molecule has 1 unspecified atom stereocenters. The van der Waals surface area contributed by atoms with Crippen molar-refractivity contribution in [3.63, 3.8) is 0 Å². The second kappa shape index (κ2) is 6.22. The highest BCUT2D eigenvalue weighted by atomic mass is 16.1. The Kier molecular flexibility index (Phi) is 4.62. The molecule has 0 saturated heterocycles. The van der Waals surface area contributed by atoms with Crippen LogP contribution in [0.5, 0.6) is 0 Å². The van der Waals surface area contributed by atoms with Crippen molar-refractivity contribution in [1.29, 1.82) is 0 Å². The zero-order valence-corrected chi connectivity index (χ0v) is 10.3. The van der Waals surface area contributed by atoms with Gasteiger partial charge in [0.1, 0.15) is 5.78 Å². The molecule has 0 N–H and O–H groups in total. The molecule has 1 saturated carbocycles. The van der Waals surface area contributed by atoms with Crippen LogP contribution in [0, 0.1) is 5.92 Å². The number of carbonyl (C=O) groups excluding carboxylic acids is 1. The first-order valence-corrected chi connectivity index (χ1v) is 7.09. The van der Waals surface area contributed by atoms with Crippen molar-refractivity contribution < 1.29 is 4.79 Å². The molecule has 90 valence electrons. The quantitative estimate of drug-likeness (QED) is 0.552. The number of hydrogen-bond donors (Lipinski definition) is 0. The van der Waals surface area contributed by atoms with Crippen LogP contribution in [-0.4, -0.2) is 5.78 Å². The largest absolute Gasteiger partial charge is 0.299 e. The van der Waals surface area contributed by atoms with Crippen molar-refractivity contribution in [2.75, 3.05) is 0 Å². The molecule has 0 aromatic heterocycles. The van der Waals surface area contributed by atoms with E-state index in [4.69, 9.17) is 0 Å². The fourth-order valence-corrected chi connectivity index (χ4v) is 3.08. The van der Waals surface area contributed by atoms with E-state index in [-0.39, 0.29) is 0 Å². The maximum Gasteiger partial charge on any atom is 0.140 e. The lowest BCUT2D eigenvalue weighted by atomic mass is 9.92. The normalized spacial score (nSPS) is 32.1. The summed E-state index contributed by atoms with van der Waals surface area (Å²) < 4.78 is 0. The molecule has 1 fully saturated rings. The molecular weight excluding hydrogens is 196 g/mol. The van der Waals surface area contributed by atoms with Crippen molar-refractivity contribution in [2.45, 2.75) is 70.6 Å². The van der Waals surface area contributed by atoms with E-state index >= 15 is 0 Å². The number of allylic oxidation sites excluding steroid dienone is 2. The summed E-state index contributed by atoms with van der Waals surface area (Å²) >= 11 is 0. The summed E-state index contributed by atoms with van der Waals surface area (Å²) in [5, 5.41) is 0. The highest BCUT2D eigenvalue weighted by Gasteiger charge is 2.28. The van der Waals surface area contributed by atoms with Crippen LogP contribution in [0.15, 0.2) is 11.6 Å². The minimum absolute atomic E-state index is 0.319. The van der Waals surface area contributed by atoms with Crippen LogP contribution < -0.4 is 0 Å². The van der Waals surface area contributed by atoms with E-state index in [1.807, 2.05) is 0 Å². The third kappa shape index (κ3) is 3.20. The zero-order valence-electron chi connectivity index (χ0n) is 10.3. The van der Waals surface area contributed by atoms with E-state index in [0.29, 0.717) is 11.7 Å². The summed E-state index contributed by atoms with van der Waals surface area (Å²) in [4.78, 5) is 11.8. The van der Waals surface area contributed by atoms with Crippen molar-refractivity contribution in [2.24, 2.45) is 5.92 Å². The molecule has 2 aliphatic rings. The molecule has 16 heavy (non-hydrogen) atoms. The smallest absolute Gasteiger partial charge is 0.140 e. The summed E-state index contributed by atoms with van der Waals surface area (Å²) in [5.41, 5.74) is 1.48. The number of ketones is 1. The Labute approximate surface area is 99.3 Å². The van der Waals surface area contributed by atoms with E-state index in [9.17, 15) is 4.79 Å². The first kappa shape index (κ1) is 11.9. The zero-order chi connectivity index (χ0) is 11.2. The Hall–Kier alpha value is -0.590. The minimum atomic E-state index is 0.319. The van der Waals surface area contributed by atoms with Gasteiger partial charge in [-0.3, -0.25) is 4.79 Å². The van der Waals surface area contributed by atoms with Crippen LogP contribution in [0.1, 0.15) is 70.6 Å². The first-order valence-electron chi connectivity index (χ1n) is 7.09. The molecule has 1 atom stereocenters. The van der Waals surface area contributed by atoms with Crippen LogP contribution in [0.25, 0.3) is 0 Å². The third-order valence-corrected chi connectivity index (χ3v) is 4.10. The number of hydrogen-bond acceptors (Lipinski definition) is 1. The summed E-state index contributed by atoms with van der Waals surface area (Å²) in [5.74, 6) is 0.836. The summed E-state index contributed by atoms with van der Waals surface area (Å²) in [6.07, 6.45) is 16.1. The van der Waals surface area contributed by atoms with Gasteiger partial charge in [0, 0.05) is 12.3 Å².